The maximum atomic E-state index is 11.2. The topological polar surface area (TPSA) is 78.8 Å². The third-order valence-electron chi connectivity index (χ3n) is 6.66. The number of rotatable bonds is 11. The summed E-state index contributed by atoms with van der Waals surface area (Å²) < 4.78 is 6.06. The standard InChI is InChI=1S/C32H35NO4/c1-22(29-10-6-7-11-30(29)25-14-16-26(17-15-25)31(35)36)37-21-28(34)20-33-32(2,3)19-23-12-13-24-8-4-5-9-27(24)18-23/h4-18,22,28,33-34H,19-21H2,1-3H3,(H,35,36)/t22?,28-/m0/s1. The molecule has 0 aliphatic carbocycles. The molecule has 0 spiro atoms. The molecule has 0 fully saturated rings. The van der Waals surface area contributed by atoms with Gasteiger partial charge in [-0.05, 0) is 72.4 Å². The Kier molecular flexibility index (Phi) is 8.39. The van der Waals surface area contributed by atoms with Crippen LogP contribution in [-0.4, -0.2) is 41.0 Å². The summed E-state index contributed by atoms with van der Waals surface area (Å²) in [6.07, 6.45) is -0.0495. The van der Waals surface area contributed by atoms with E-state index in [1.807, 2.05) is 43.3 Å². The zero-order valence-corrected chi connectivity index (χ0v) is 21.6. The fourth-order valence-electron chi connectivity index (χ4n) is 4.63. The zero-order valence-electron chi connectivity index (χ0n) is 21.6. The molecular weight excluding hydrogens is 462 g/mol. The number of β-amino-alcohol motifs (C(OH)–C–C–N with tert-alkyl or cyclic N) is 1. The normalized spacial score (nSPS) is 13.4. The van der Waals surface area contributed by atoms with Gasteiger partial charge in [0.15, 0.2) is 0 Å². The van der Waals surface area contributed by atoms with Crippen LogP contribution in [0.4, 0.5) is 0 Å². The van der Waals surface area contributed by atoms with Crippen molar-refractivity contribution >= 4 is 16.7 Å². The molecule has 0 aromatic heterocycles. The van der Waals surface area contributed by atoms with Crippen LogP contribution in [0.2, 0.25) is 0 Å². The molecule has 1 unspecified atom stereocenters. The summed E-state index contributed by atoms with van der Waals surface area (Å²) in [5, 5.41) is 25.8. The Balaban J connectivity index is 1.32. The molecule has 0 bridgehead atoms. The Bertz CT molecular complexity index is 1350. The van der Waals surface area contributed by atoms with Crippen LogP contribution in [0, 0.1) is 0 Å². The predicted octanol–water partition coefficient (Wildman–Crippen LogP) is 6.25. The molecule has 0 saturated heterocycles. The first kappa shape index (κ1) is 26.6. The summed E-state index contributed by atoms with van der Waals surface area (Å²) in [6.45, 7) is 6.88. The number of ether oxygens (including phenoxy) is 1. The first-order valence-electron chi connectivity index (χ1n) is 12.7. The van der Waals surface area contributed by atoms with Gasteiger partial charge in [0.25, 0.3) is 0 Å². The van der Waals surface area contributed by atoms with Gasteiger partial charge >= 0.3 is 5.97 Å². The number of hydrogen-bond acceptors (Lipinski definition) is 4. The second kappa shape index (κ2) is 11.7. The number of carboxylic acids is 1. The van der Waals surface area contributed by atoms with Gasteiger partial charge in [-0.15, -0.1) is 0 Å². The number of benzene rings is 4. The lowest BCUT2D eigenvalue weighted by Gasteiger charge is -2.28. The van der Waals surface area contributed by atoms with Gasteiger partial charge < -0.3 is 20.3 Å². The van der Waals surface area contributed by atoms with E-state index in [1.165, 1.54) is 16.3 Å². The summed E-state index contributed by atoms with van der Waals surface area (Å²) in [6, 6.07) is 29.6. The average Bonchev–Trinajstić information content (AvgIpc) is 2.90. The van der Waals surface area contributed by atoms with E-state index in [2.05, 4.69) is 61.6 Å². The zero-order chi connectivity index (χ0) is 26.4. The number of aliphatic hydroxyl groups excluding tert-OH is 1. The number of nitrogens with one attached hydrogen (secondary N) is 1. The summed E-state index contributed by atoms with van der Waals surface area (Å²) in [5.74, 6) is -0.945. The largest absolute Gasteiger partial charge is 0.478 e. The second-order valence-corrected chi connectivity index (χ2v) is 10.2. The fourth-order valence-corrected chi connectivity index (χ4v) is 4.63. The highest BCUT2D eigenvalue weighted by atomic mass is 16.5. The molecule has 5 nitrogen and oxygen atoms in total. The SMILES string of the molecule is CC(OC[C@@H](O)CNC(C)(C)Cc1ccc2ccccc2c1)c1ccccc1-c1ccc(C(=O)O)cc1. The minimum absolute atomic E-state index is 0.191. The van der Waals surface area contributed by atoms with Crippen LogP contribution < -0.4 is 5.32 Å². The summed E-state index contributed by atoms with van der Waals surface area (Å²) in [4.78, 5) is 11.2. The van der Waals surface area contributed by atoms with Gasteiger partial charge in [-0.1, -0.05) is 78.9 Å². The van der Waals surface area contributed by atoms with E-state index >= 15 is 0 Å². The van der Waals surface area contributed by atoms with Gasteiger partial charge in [0.05, 0.1) is 24.4 Å². The van der Waals surface area contributed by atoms with Crippen LogP contribution in [0.25, 0.3) is 21.9 Å². The van der Waals surface area contributed by atoms with Crippen LogP contribution in [-0.2, 0) is 11.2 Å². The monoisotopic (exact) mass is 497 g/mol. The number of carboxylic acid groups (broad SMARTS) is 1. The van der Waals surface area contributed by atoms with Gasteiger partial charge in [-0.25, -0.2) is 4.79 Å². The highest BCUT2D eigenvalue weighted by Crippen LogP contribution is 2.30. The van der Waals surface area contributed by atoms with Crippen LogP contribution in [0.5, 0.6) is 0 Å². The Morgan fingerprint density at radius 3 is 2.32 bits per heavy atom. The van der Waals surface area contributed by atoms with Gasteiger partial charge in [-0.3, -0.25) is 0 Å². The van der Waals surface area contributed by atoms with E-state index < -0.39 is 12.1 Å². The fraction of sp³-hybridized carbons (Fsp3) is 0.281. The molecule has 0 aliphatic rings. The molecule has 4 aromatic carbocycles. The minimum atomic E-state index is -0.945. The molecule has 0 heterocycles. The van der Waals surface area contributed by atoms with E-state index in [0.29, 0.717) is 6.54 Å². The van der Waals surface area contributed by atoms with E-state index in [0.717, 1.165) is 23.1 Å². The number of carbonyl (C=O) groups is 1. The van der Waals surface area contributed by atoms with Crippen LogP contribution in [0.1, 0.15) is 48.4 Å². The predicted molar refractivity (Wildman–Crippen MR) is 149 cm³/mol. The Morgan fingerprint density at radius 2 is 1.59 bits per heavy atom. The Hall–Kier alpha value is -3.51. The molecule has 2 atom stereocenters. The molecule has 5 heteroatoms. The third-order valence-corrected chi connectivity index (χ3v) is 6.66. The Morgan fingerprint density at radius 1 is 0.919 bits per heavy atom. The minimum Gasteiger partial charge on any atom is -0.478 e. The van der Waals surface area contributed by atoms with Crippen molar-refractivity contribution in [3.05, 3.63) is 108 Å². The van der Waals surface area contributed by atoms with Crippen molar-refractivity contribution < 1.29 is 19.7 Å². The molecule has 0 aliphatic heterocycles. The van der Waals surface area contributed by atoms with Crippen molar-refractivity contribution in [2.45, 2.75) is 44.9 Å². The molecule has 4 aromatic rings. The number of aromatic carboxylic acids is 1. The molecule has 4 rings (SSSR count). The highest BCUT2D eigenvalue weighted by Gasteiger charge is 2.20. The molecule has 0 amide bonds. The maximum absolute atomic E-state index is 11.2. The summed E-state index contributed by atoms with van der Waals surface area (Å²) >= 11 is 0. The number of aliphatic hydroxyl groups is 1. The number of hydrogen-bond donors (Lipinski definition) is 3. The lowest BCUT2D eigenvalue weighted by molar-refractivity contribution is -0.00397. The molecular formula is C32H35NO4. The quantitative estimate of drug-likeness (QED) is 0.228. The average molecular weight is 498 g/mol. The molecule has 3 N–H and O–H groups in total. The lowest BCUT2D eigenvalue weighted by Crippen LogP contribution is -2.46. The Labute approximate surface area is 218 Å². The van der Waals surface area contributed by atoms with E-state index in [-0.39, 0.29) is 23.8 Å². The lowest BCUT2D eigenvalue weighted by atomic mass is 9.93. The number of fused-ring (bicyclic) bond motifs is 1. The van der Waals surface area contributed by atoms with Gasteiger partial charge in [0.1, 0.15) is 0 Å². The van der Waals surface area contributed by atoms with Crippen molar-refractivity contribution in [3.8, 4) is 11.1 Å². The van der Waals surface area contributed by atoms with E-state index in [4.69, 9.17) is 9.84 Å². The van der Waals surface area contributed by atoms with Crippen molar-refractivity contribution in [2.24, 2.45) is 0 Å². The van der Waals surface area contributed by atoms with E-state index in [1.54, 1.807) is 12.1 Å². The molecule has 192 valence electrons. The van der Waals surface area contributed by atoms with Gasteiger partial charge in [0, 0.05) is 12.1 Å². The maximum Gasteiger partial charge on any atom is 0.335 e. The third kappa shape index (κ3) is 7.04. The molecule has 0 radical (unpaired) electrons. The van der Waals surface area contributed by atoms with Crippen LogP contribution in [0.3, 0.4) is 0 Å². The van der Waals surface area contributed by atoms with E-state index in [9.17, 15) is 9.90 Å². The van der Waals surface area contributed by atoms with Crippen LogP contribution >= 0.6 is 0 Å². The van der Waals surface area contributed by atoms with Crippen LogP contribution in [0.15, 0.2) is 91.0 Å². The molecule has 0 saturated carbocycles. The highest BCUT2D eigenvalue weighted by molar-refractivity contribution is 5.88. The van der Waals surface area contributed by atoms with Crippen molar-refractivity contribution in [2.75, 3.05) is 13.2 Å². The smallest absolute Gasteiger partial charge is 0.335 e. The summed E-state index contributed by atoms with van der Waals surface area (Å²) in [5.41, 5.74) is 4.21. The first-order chi connectivity index (χ1) is 17.7. The van der Waals surface area contributed by atoms with Gasteiger partial charge in [0.2, 0.25) is 0 Å². The molecule has 37 heavy (non-hydrogen) atoms. The van der Waals surface area contributed by atoms with Crippen molar-refractivity contribution in [1.29, 1.82) is 0 Å². The first-order valence-corrected chi connectivity index (χ1v) is 12.7. The van der Waals surface area contributed by atoms with Crippen molar-refractivity contribution in [3.63, 3.8) is 0 Å². The van der Waals surface area contributed by atoms with Gasteiger partial charge in [-0.2, -0.15) is 0 Å². The summed E-state index contributed by atoms with van der Waals surface area (Å²) in [7, 11) is 0. The van der Waals surface area contributed by atoms with Crippen molar-refractivity contribution in [1.82, 2.24) is 5.32 Å². The second-order valence-electron chi connectivity index (χ2n) is 10.2.